The summed E-state index contributed by atoms with van der Waals surface area (Å²) in [5.41, 5.74) is 1.47. The standard InChI is InChI=1S/C21H25ClFN3O/c1-16(21(27)24-20-15-18(22)7-8-19(20)23)26-13-11-25(12-14-26)10-9-17-5-3-2-4-6-17/h2-8,15-16H,9-14H2,1H3,(H,24,27). The van der Waals surface area contributed by atoms with Gasteiger partial charge in [-0.1, -0.05) is 41.9 Å². The zero-order valence-electron chi connectivity index (χ0n) is 15.5. The molecule has 27 heavy (non-hydrogen) atoms. The molecular formula is C21H25ClFN3O. The van der Waals surface area contributed by atoms with E-state index in [-0.39, 0.29) is 17.6 Å². The zero-order chi connectivity index (χ0) is 19.2. The van der Waals surface area contributed by atoms with Gasteiger partial charge >= 0.3 is 0 Å². The first-order valence-electron chi connectivity index (χ1n) is 9.29. The van der Waals surface area contributed by atoms with E-state index < -0.39 is 5.82 Å². The molecule has 0 bridgehead atoms. The molecule has 3 rings (SSSR count). The fraction of sp³-hybridized carbons (Fsp3) is 0.381. The van der Waals surface area contributed by atoms with Gasteiger partial charge in [-0.3, -0.25) is 9.69 Å². The number of hydrogen-bond donors (Lipinski definition) is 1. The van der Waals surface area contributed by atoms with E-state index in [1.165, 1.54) is 23.8 Å². The lowest BCUT2D eigenvalue weighted by Crippen LogP contribution is -2.53. The number of carbonyl (C=O) groups is 1. The van der Waals surface area contributed by atoms with Crippen molar-refractivity contribution in [1.29, 1.82) is 0 Å². The second-order valence-corrected chi connectivity index (χ2v) is 7.34. The summed E-state index contributed by atoms with van der Waals surface area (Å²) in [5.74, 6) is -0.695. The lowest BCUT2D eigenvalue weighted by Gasteiger charge is -2.37. The Kier molecular flexibility index (Phi) is 6.83. The van der Waals surface area contributed by atoms with Crippen LogP contribution >= 0.6 is 11.6 Å². The lowest BCUT2D eigenvalue weighted by atomic mass is 10.1. The maximum atomic E-state index is 13.8. The number of halogens is 2. The monoisotopic (exact) mass is 389 g/mol. The Morgan fingerprint density at radius 2 is 1.85 bits per heavy atom. The molecule has 1 aliphatic rings. The highest BCUT2D eigenvalue weighted by Crippen LogP contribution is 2.20. The van der Waals surface area contributed by atoms with Gasteiger partial charge in [-0.15, -0.1) is 0 Å². The van der Waals surface area contributed by atoms with Crippen LogP contribution in [0, 0.1) is 5.82 Å². The van der Waals surface area contributed by atoms with Crippen LogP contribution in [-0.4, -0.2) is 54.5 Å². The molecule has 1 amide bonds. The summed E-state index contributed by atoms with van der Waals surface area (Å²) in [6.45, 7) is 6.37. The summed E-state index contributed by atoms with van der Waals surface area (Å²) in [5, 5.41) is 3.05. The van der Waals surface area contributed by atoms with Crippen molar-refractivity contribution >= 4 is 23.2 Å². The molecule has 0 aromatic heterocycles. The minimum Gasteiger partial charge on any atom is -0.322 e. The van der Waals surface area contributed by atoms with Crippen LogP contribution in [0.3, 0.4) is 0 Å². The Hall–Kier alpha value is -1.95. The van der Waals surface area contributed by atoms with Crippen LogP contribution in [0.4, 0.5) is 10.1 Å². The van der Waals surface area contributed by atoms with Crippen molar-refractivity contribution < 1.29 is 9.18 Å². The average molecular weight is 390 g/mol. The Labute approximate surface area is 164 Å². The number of nitrogens with one attached hydrogen (secondary N) is 1. The summed E-state index contributed by atoms with van der Waals surface area (Å²) in [4.78, 5) is 17.0. The number of rotatable bonds is 6. The first kappa shape index (κ1) is 19.8. The number of anilines is 1. The third-order valence-electron chi connectivity index (χ3n) is 5.08. The molecule has 1 atom stereocenters. The molecule has 144 valence electrons. The molecule has 2 aromatic rings. The summed E-state index contributed by atoms with van der Waals surface area (Å²) >= 11 is 5.88. The van der Waals surface area contributed by atoms with Gasteiger partial charge in [0.15, 0.2) is 0 Å². The van der Waals surface area contributed by atoms with Crippen molar-refractivity contribution in [2.75, 3.05) is 38.0 Å². The van der Waals surface area contributed by atoms with E-state index in [2.05, 4.69) is 39.4 Å². The number of carbonyl (C=O) groups excluding carboxylic acids is 1. The molecule has 4 nitrogen and oxygen atoms in total. The van der Waals surface area contributed by atoms with Gasteiger partial charge in [-0.05, 0) is 37.1 Å². The van der Waals surface area contributed by atoms with Gasteiger partial charge in [-0.2, -0.15) is 0 Å². The van der Waals surface area contributed by atoms with E-state index in [9.17, 15) is 9.18 Å². The van der Waals surface area contributed by atoms with Crippen LogP contribution < -0.4 is 5.32 Å². The van der Waals surface area contributed by atoms with Crippen molar-refractivity contribution in [3.63, 3.8) is 0 Å². The SMILES string of the molecule is CC(C(=O)Nc1cc(Cl)ccc1F)N1CCN(CCc2ccccc2)CC1. The van der Waals surface area contributed by atoms with Crippen molar-refractivity contribution in [3.05, 3.63) is 64.9 Å². The Bertz CT molecular complexity index is 763. The lowest BCUT2D eigenvalue weighted by molar-refractivity contribution is -0.121. The molecule has 0 aliphatic carbocycles. The molecule has 1 N–H and O–H groups in total. The van der Waals surface area contributed by atoms with Gasteiger partial charge < -0.3 is 10.2 Å². The fourth-order valence-electron chi connectivity index (χ4n) is 3.30. The van der Waals surface area contributed by atoms with E-state index in [4.69, 9.17) is 11.6 Å². The van der Waals surface area contributed by atoms with Crippen LogP contribution in [0.2, 0.25) is 5.02 Å². The smallest absolute Gasteiger partial charge is 0.241 e. The van der Waals surface area contributed by atoms with Gasteiger partial charge in [0.05, 0.1) is 11.7 Å². The molecule has 1 unspecified atom stereocenters. The predicted octanol–water partition coefficient (Wildman–Crippen LogP) is 3.67. The normalized spacial score (nSPS) is 16.9. The molecule has 1 aliphatic heterocycles. The summed E-state index contributed by atoms with van der Waals surface area (Å²) in [6.07, 6.45) is 1.03. The van der Waals surface area contributed by atoms with Crippen LogP contribution in [0.1, 0.15) is 12.5 Å². The Morgan fingerprint density at radius 3 is 2.56 bits per heavy atom. The highest BCUT2D eigenvalue weighted by Gasteiger charge is 2.26. The average Bonchev–Trinajstić information content (AvgIpc) is 2.70. The van der Waals surface area contributed by atoms with Gasteiger partial charge in [0.25, 0.3) is 0 Å². The van der Waals surface area contributed by atoms with Crippen LogP contribution in [-0.2, 0) is 11.2 Å². The van der Waals surface area contributed by atoms with Gasteiger partial charge in [0, 0.05) is 37.7 Å². The first-order valence-corrected chi connectivity index (χ1v) is 9.67. The molecule has 1 saturated heterocycles. The van der Waals surface area contributed by atoms with Crippen LogP contribution in [0.15, 0.2) is 48.5 Å². The summed E-state index contributed by atoms with van der Waals surface area (Å²) < 4.78 is 13.8. The van der Waals surface area contributed by atoms with Gasteiger partial charge in [-0.25, -0.2) is 4.39 Å². The fourth-order valence-corrected chi connectivity index (χ4v) is 3.47. The van der Waals surface area contributed by atoms with Crippen molar-refractivity contribution in [3.8, 4) is 0 Å². The number of nitrogens with zero attached hydrogens (tertiary/aromatic N) is 2. The van der Waals surface area contributed by atoms with Gasteiger partial charge in [0.2, 0.25) is 5.91 Å². The van der Waals surface area contributed by atoms with E-state index in [1.54, 1.807) is 0 Å². The highest BCUT2D eigenvalue weighted by molar-refractivity contribution is 6.30. The van der Waals surface area contributed by atoms with E-state index in [0.717, 1.165) is 39.1 Å². The molecule has 2 aromatic carbocycles. The molecule has 6 heteroatoms. The minimum atomic E-state index is -0.481. The van der Waals surface area contributed by atoms with Crippen molar-refractivity contribution in [1.82, 2.24) is 9.80 Å². The third kappa shape index (κ3) is 5.51. The molecule has 1 heterocycles. The largest absolute Gasteiger partial charge is 0.322 e. The van der Waals surface area contributed by atoms with Crippen LogP contribution in [0.25, 0.3) is 0 Å². The second-order valence-electron chi connectivity index (χ2n) is 6.90. The van der Waals surface area contributed by atoms with E-state index in [1.807, 2.05) is 13.0 Å². The van der Waals surface area contributed by atoms with Crippen molar-refractivity contribution in [2.24, 2.45) is 0 Å². The number of amides is 1. The second kappa shape index (κ2) is 9.31. The molecule has 1 fully saturated rings. The molecular weight excluding hydrogens is 365 g/mol. The highest BCUT2D eigenvalue weighted by atomic mass is 35.5. The first-order chi connectivity index (χ1) is 13.0. The summed E-state index contributed by atoms with van der Waals surface area (Å²) in [7, 11) is 0. The van der Waals surface area contributed by atoms with E-state index >= 15 is 0 Å². The Balaban J connectivity index is 1.47. The topological polar surface area (TPSA) is 35.6 Å². The number of benzene rings is 2. The van der Waals surface area contributed by atoms with Crippen molar-refractivity contribution in [2.45, 2.75) is 19.4 Å². The molecule has 0 radical (unpaired) electrons. The predicted molar refractivity (Wildman–Crippen MR) is 108 cm³/mol. The quantitative estimate of drug-likeness (QED) is 0.818. The molecule has 0 spiro atoms. The Morgan fingerprint density at radius 1 is 1.15 bits per heavy atom. The minimum absolute atomic E-state index is 0.126. The number of piperazine rings is 1. The summed E-state index contributed by atoms with van der Waals surface area (Å²) in [6, 6.07) is 14.3. The zero-order valence-corrected chi connectivity index (χ0v) is 16.3. The van der Waals surface area contributed by atoms with Crippen LogP contribution in [0.5, 0.6) is 0 Å². The molecule has 0 saturated carbocycles. The maximum absolute atomic E-state index is 13.8. The van der Waals surface area contributed by atoms with Gasteiger partial charge in [0.1, 0.15) is 5.82 Å². The number of hydrogen-bond acceptors (Lipinski definition) is 3. The maximum Gasteiger partial charge on any atom is 0.241 e. The third-order valence-corrected chi connectivity index (χ3v) is 5.31. The van der Waals surface area contributed by atoms with E-state index in [0.29, 0.717) is 5.02 Å².